The molecule has 1 amide bonds. The molecule has 1 aromatic carbocycles. The van der Waals surface area contributed by atoms with E-state index in [0.717, 1.165) is 5.69 Å². The van der Waals surface area contributed by atoms with Crippen LogP contribution in [0, 0.1) is 6.92 Å². The molecule has 0 bridgehead atoms. The Morgan fingerprint density at radius 3 is 2.45 bits per heavy atom. The summed E-state index contributed by atoms with van der Waals surface area (Å²) in [5.74, 6) is -0.384. The average Bonchev–Trinajstić information content (AvgIpc) is 2.69. The summed E-state index contributed by atoms with van der Waals surface area (Å²) in [6.45, 7) is 8.47. The van der Waals surface area contributed by atoms with E-state index in [4.69, 9.17) is 23.2 Å². The lowest BCUT2D eigenvalue weighted by Crippen LogP contribution is -2.15. The normalized spacial score (nSPS) is 12.8. The first-order chi connectivity index (χ1) is 10.1. The largest absolute Gasteiger partial charge is 0.324 e. The molecule has 0 N–H and O–H groups in total. The molecule has 22 heavy (non-hydrogen) atoms. The molecule has 1 heterocycles. The van der Waals surface area contributed by atoms with E-state index in [1.807, 2.05) is 18.5 Å². The van der Waals surface area contributed by atoms with E-state index in [2.05, 4.69) is 25.8 Å². The zero-order valence-corrected chi connectivity index (χ0v) is 15.5. The van der Waals surface area contributed by atoms with Crippen molar-refractivity contribution in [1.82, 2.24) is 4.57 Å². The van der Waals surface area contributed by atoms with Crippen molar-refractivity contribution in [2.24, 2.45) is 12.0 Å². The first kappa shape index (κ1) is 17.3. The number of aromatic nitrogens is 1. The highest BCUT2D eigenvalue weighted by atomic mass is 35.5. The third-order valence-corrected chi connectivity index (χ3v) is 5.57. The number of carbonyl (C=O) groups is 1. The van der Waals surface area contributed by atoms with Crippen LogP contribution in [0.5, 0.6) is 0 Å². The van der Waals surface area contributed by atoms with Crippen LogP contribution in [-0.4, -0.2) is 10.5 Å². The van der Waals surface area contributed by atoms with Gasteiger partial charge in [0.2, 0.25) is 0 Å². The number of carbonyl (C=O) groups excluding carboxylic acids is 1. The quantitative estimate of drug-likeness (QED) is 0.726. The van der Waals surface area contributed by atoms with Crippen molar-refractivity contribution >= 4 is 40.4 Å². The second-order valence-corrected chi connectivity index (χ2v) is 7.97. The van der Waals surface area contributed by atoms with Crippen molar-refractivity contribution < 1.29 is 4.79 Å². The highest BCUT2D eigenvalue weighted by Gasteiger charge is 2.21. The highest BCUT2D eigenvalue weighted by molar-refractivity contribution is 7.09. The molecular weight excluding hydrogens is 339 g/mol. The molecule has 0 radical (unpaired) electrons. The SMILES string of the molecule is Cc1c(C(C)(C)C)sc(=NC(=O)c2cc(Cl)ccc2Cl)n1C. The summed E-state index contributed by atoms with van der Waals surface area (Å²) >= 11 is 13.5. The number of rotatable bonds is 1. The fourth-order valence-electron chi connectivity index (χ4n) is 2.13. The van der Waals surface area contributed by atoms with E-state index in [1.54, 1.807) is 18.2 Å². The number of thiazole rings is 1. The number of amides is 1. The first-order valence-electron chi connectivity index (χ1n) is 6.82. The zero-order chi connectivity index (χ0) is 16.7. The Morgan fingerprint density at radius 1 is 1.27 bits per heavy atom. The van der Waals surface area contributed by atoms with Crippen molar-refractivity contribution in [2.75, 3.05) is 0 Å². The van der Waals surface area contributed by atoms with Gasteiger partial charge in [-0.15, -0.1) is 11.3 Å². The molecule has 0 atom stereocenters. The summed E-state index contributed by atoms with van der Waals surface area (Å²) in [7, 11) is 1.91. The van der Waals surface area contributed by atoms with Gasteiger partial charge in [0, 0.05) is 22.6 Å². The average molecular weight is 357 g/mol. The van der Waals surface area contributed by atoms with Crippen molar-refractivity contribution in [3.05, 3.63) is 49.2 Å². The minimum absolute atomic E-state index is 0.0109. The molecule has 0 saturated carbocycles. The Kier molecular flexibility index (Phi) is 4.85. The predicted octanol–water partition coefficient (Wildman–Crippen LogP) is 4.74. The van der Waals surface area contributed by atoms with Crippen LogP contribution >= 0.6 is 34.5 Å². The Bertz CT molecular complexity index is 797. The molecule has 2 rings (SSSR count). The Balaban J connectivity index is 2.54. The van der Waals surface area contributed by atoms with E-state index in [-0.39, 0.29) is 11.3 Å². The Morgan fingerprint density at radius 2 is 1.91 bits per heavy atom. The van der Waals surface area contributed by atoms with Crippen LogP contribution in [0.3, 0.4) is 0 Å². The maximum Gasteiger partial charge on any atom is 0.281 e. The van der Waals surface area contributed by atoms with Gasteiger partial charge in [-0.05, 0) is 30.5 Å². The van der Waals surface area contributed by atoms with Gasteiger partial charge in [-0.2, -0.15) is 4.99 Å². The van der Waals surface area contributed by atoms with E-state index in [1.165, 1.54) is 16.2 Å². The van der Waals surface area contributed by atoms with E-state index < -0.39 is 0 Å². The molecule has 0 aliphatic carbocycles. The molecule has 2 aromatic rings. The summed E-state index contributed by atoms with van der Waals surface area (Å²) < 4.78 is 1.93. The van der Waals surface area contributed by atoms with Crippen LogP contribution in [0.2, 0.25) is 10.0 Å². The summed E-state index contributed by atoms with van der Waals surface area (Å²) in [6, 6.07) is 4.79. The van der Waals surface area contributed by atoms with Crippen LogP contribution < -0.4 is 4.80 Å². The maximum absolute atomic E-state index is 12.4. The molecule has 118 valence electrons. The molecule has 6 heteroatoms. The monoisotopic (exact) mass is 356 g/mol. The molecule has 0 spiro atoms. The van der Waals surface area contributed by atoms with Crippen LogP contribution in [-0.2, 0) is 12.5 Å². The number of nitrogens with zero attached hydrogens (tertiary/aromatic N) is 2. The molecule has 0 unspecified atom stereocenters. The summed E-state index contributed by atoms with van der Waals surface area (Å²) in [5.41, 5.74) is 1.44. The van der Waals surface area contributed by atoms with Crippen LogP contribution in [0.4, 0.5) is 0 Å². The smallest absolute Gasteiger partial charge is 0.281 e. The van der Waals surface area contributed by atoms with Crippen molar-refractivity contribution in [3.63, 3.8) is 0 Å². The standard InChI is InChI=1S/C16H18Cl2N2OS/c1-9-13(16(2,3)4)22-15(20(9)5)19-14(21)11-8-10(17)6-7-12(11)18/h6-8H,1-5H3. The van der Waals surface area contributed by atoms with Crippen molar-refractivity contribution in [1.29, 1.82) is 0 Å². The minimum atomic E-state index is -0.384. The molecule has 1 aromatic heterocycles. The minimum Gasteiger partial charge on any atom is -0.324 e. The van der Waals surface area contributed by atoms with Gasteiger partial charge in [-0.1, -0.05) is 44.0 Å². The third kappa shape index (κ3) is 3.45. The number of halogens is 2. The van der Waals surface area contributed by atoms with E-state index in [9.17, 15) is 4.79 Å². The second kappa shape index (κ2) is 6.19. The second-order valence-electron chi connectivity index (χ2n) is 6.15. The number of hydrogen-bond acceptors (Lipinski definition) is 2. The highest BCUT2D eigenvalue weighted by Crippen LogP contribution is 2.28. The molecule has 0 aliphatic heterocycles. The molecule has 0 saturated heterocycles. The maximum atomic E-state index is 12.4. The first-order valence-corrected chi connectivity index (χ1v) is 8.39. The Labute approximate surface area is 144 Å². The van der Waals surface area contributed by atoms with Gasteiger partial charge >= 0.3 is 0 Å². The van der Waals surface area contributed by atoms with Gasteiger partial charge in [0.25, 0.3) is 5.91 Å². The molecule has 0 aliphatic rings. The van der Waals surface area contributed by atoms with Crippen LogP contribution in [0.15, 0.2) is 23.2 Å². The van der Waals surface area contributed by atoms with Crippen LogP contribution in [0.25, 0.3) is 0 Å². The van der Waals surface area contributed by atoms with Gasteiger partial charge in [0.1, 0.15) is 0 Å². The van der Waals surface area contributed by atoms with E-state index in [0.29, 0.717) is 20.4 Å². The number of hydrogen-bond donors (Lipinski definition) is 0. The van der Waals surface area contributed by atoms with Gasteiger partial charge < -0.3 is 4.57 Å². The fraction of sp³-hybridized carbons (Fsp3) is 0.375. The lowest BCUT2D eigenvalue weighted by atomic mass is 9.93. The molecule has 0 fully saturated rings. The lowest BCUT2D eigenvalue weighted by Gasteiger charge is -2.17. The van der Waals surface area contributed by atoms with Gasteiger partial charge in [-0.3, -0.25) is 4.79 Å². The number of benzene rings is 1. The molecule has 3 nitrogen and oxygen atoms in total. The van der Waals surface area contributed by atoms with Crippen molar-refractivity contribution in [2.45, 2.75) is 33.1 Å². The summed E-state index contributed by atoms with van der Waals surface area (Å²) in [6.07, 6.45) is 0. The summed E-state index contributed by atoms with van der Waals surface area (Å²) in [4.78, 5) is 18.5. The molecular formula is C16H18Cl2N2OS. The van der Waals surface area contributed by atoms with Crippen molar-refractivity contribution in [3.8, 4) is 0 Å². The lowest BCUT2D eigenvalue weighted by molar-refractivity contribution is 0.0998. The van der Waals surface area contributed by atoms with E-state index >= 15 is 0 Å². The third-order valence-electron chi connectivity index (χ3n) is 3.35. The topological polar surface area (TPSA) is 34.4 Å². The van der Waals surface area contributed by atoms with Gasteiger partial charge in [0.15, 0.2) is 4.80 Å². The van der Waals surface area contributed by atoms with Gasteiger partial charge in [-0.25, -0.2) is 0 Å². The predicted molar refractivity (Wildman–Crippen MR) is 93.1 cm³/mol. The van der Waals surface area contributed by atoms with Crippen LogP contribution in [0.1, 0.15) is 41.7 Å². The Hall–Kier alpha value is -1.10. The fourth-order valence-corrected chi connectivity index (χ4v) is 3.68. The van der Waals surface area contributed by atoms with Gasteiger partial charge in [0.05, 0.1) is 10.6 Å². The summed E-state index contributed by atoms with van der Waals surface area (Å²) in [5, 5.41) is 0.815. The zero-order valence-electron chi connectivity index (χ0n) is 13.2.